The molecule has 0 spiro atoms. The van der Waals surface area contributed by atoms with Crippen LogP contribution in [0.4, 0.5) is 0 Å². The van der Waals surface area contributed by atoms with Crippen molar-refractivity contribution in [3.63, 3.8) is 0 Å². The maximum atomic E-state index is 15.5. The summed E-state index contributed by atoms with van der Waals surface area (Å²) >= 11 is 0. The second-order valence-corrected chi connectivity index (χ2v) is 28.8. The van der Waals surface area contributed by atoms with Crippen molar-refractivity contribution in [3.8, 4) is 0 Å². The van der Waals surface area contributed by atoms with E-state index >= 15 is 25.3 Å². The van der Waals surface area contributed by atoms with E-state index in [-0.39, 0.29) is 85.4 Å². The highest BCUT2D eigenvalue weighted by atomic mass is 32.2. The van der Waals surface area contributed by atoms with E-state index in [2.05, 4.69) is 65.8 Å². The topological polar surface area (TPSA) is 114 Å². The molecule has 3 aliphatic rings. The Balaban J connectivity index is 1.44. The van der Waals surface area contributed by atoms with Crippen molar-refractivity contribution < 1.29 is 25.3 Å². The van der Waals surface area contributed by atoms with Gasteiger partial charge in [0.15, 0.2) is 0 Å². The largest absolute Gasteiger partial charge is 0.268 e. The van der Waals surface area contributed by atoms with Crippen LogP contribution in [-0.2, 0) is 30.1 Å². The van der Waals surface area contributed by atoms with Crippen LogP contribution >= 0.6 is 0 Å². The van der Waals surface area contributed by atoms with Crippen LogP contribution < -0.4 is 0 Å². The Bertz CT molecular complexity index is 2930. The Hall–Kier alpha value is -3.55. The van der Waals surface area contributed by atoms with Gasteiger partial charge in [-0.15, -0.1) is 0 Å². The number of benzene rings is 3. The van der Waals surface area contributed by atoms with E-state index in [0.717, 1.165) is 66.8 Å². The number of aromatic nitrogens is 1. The summed E-state index contributed by atoms with van der Waals surface area (Å²) in [5.41, 5.74) is 11.1. The van der Waals surface area contributed by atoms with Crippen molar-refractivity contribution in [3.05, 3.63) is 116 Å². The molecule has 4 aromatic rings. The van der Waals surface area contributed by atoms with Crippen molar-refractivity contribution in [2.45, 2.75) is 198 Å². The van der Waals surface area contributed by atoms with E-state index in [4.69, 9.17) is 0 Å². The lowest BCUT2D eigenvalue weighted by molar-refractivity contribution is 0.453. The minimum atomic E-state index is -4.21. The first-order valence-corrected chi connectivity index (χ1v) is 30.0. The van der Waals surface area contributed by atoms with E-state index in [1.54, 1.807) is 21.0 Å². The van der Waals surface area contributed by atoms with E-state index in [1.807, 2.05) is 95.2 Å². The first-order chi connectivity index (χ1) is 31.9. The summed E-state index contributed by atoms with van der Waals surface area (Å²) in [6.45, 7) is 37.7. The molecule has 9 nitrogen and oxygen atoms in total. The van der Waals surface area contributed by atoms with Gasteiger partial charge in [0.2, 0.25) is 20.0 Å². The zero-order valence-corrected chi connectivity index (χ0v) is 47.3. The number of sulfonamides is 2. The van der Waals surface area contributed by atoms with Gasteiger partial charge in [0.1, 0.15) is 0 Å². The molecule has 1 fully saturated rings. The molecule has 3 heterocycles. The normalized spacial score (nSPS) is 18.5. The third kappa shape index (κ3) is 9.29. The summed E-state index contributed by atoms with van der Waals surface area (Å²) in [6.07, 6.45) is 3.42. The Morgan fingerprint density at radius 2 is 0.710 bits per heavy atom. The average molecular weight is 1000 g/mol. The van der Waals surface area contributed by atoms with Crippen molar-refractivity contribution >= 4 is 35.6 Å². The van der Waals surface area contributed by atoms with Crippen LogP contribution in [0.3, 0.4) is 0 Å². The predicted octanol–water partition coefficient (Wildman–Crippen LogP) is 13.7. The molecule has 2 atom stereocenters. The highest BCUT2D eigenvalue weighted by Gasteiger charge is 2.51. The van der Waals surface area contributed by atoms with Crippen molar-refractivity contribution in [2.24, 2.45) is 5.92 Å². The van der Waals surface area contributed by atoms with Gasteiger partial charge in [-0.25, -0.2) is 29.2 Å². The zero-order valence-electron chi connectivity index (χ0n) is 44.8. The molecule has 1 aromatic heterocycles. The lowest BCUT2D eigenvalue weighted by Crippen LogP contribution is -2.33. The average Bonchev–Trinajstić information content (AvgIpc) is 4.03. The molecule has 1 saturated heterocycles. The van der Waals surface area contributed by atoms with Crippen LogP contribution in [0.15, 0.2) is 69.1 Å². The van der Waals surface area contributed by atoms with Gasteiger partial charge < -0.3 is 0 Å². The number of hydrogen-bond donors (Lipinski definition) is 0. The highest BCUT2D eigenvalue weighted by Crippen LogP contribution is 2.53. The summed E-state index contributed by atoms with van der Waals surface area (Å²) in [6, 6.07) is 12.3. The van der Waals surface area contributed by atoms with E-state index in [1.165, 1.54) is 3.97 Å². The number of nitrogens with zero attached hydrogens (tertiary/aromatic N) is 3. The Kier molecular flexibility index (Phi) is 14.8. The molecule has 2 aliphatic heterocycles. The smallest absolute Gasteiger partial charge is 0.248 e. The number of hydrogen-bond acceptors (Lipinski definition) is 6. The molecule has 0 N–H and O–H groups in total. The summed E-state index contributed by atoms with van der Waals surface area (Å²) in [7, 11) is -12.4. The third-order valence-electron chi connectivity index (χ3n) is 15.3. The van der Waals surface area contributed by atoms with Gasteiger partial charge in [0.25, 0.3) is 10.0 Å². The number of rotatable bonds is 15. The van der Waals surface area contributed by atoms with Gasteiger partial charge in [0, 0.05) is 56.0 Å². The molecular weight excluding hydrogens is 919 g/mol. The Morgan fingerprint density at radius 3 is 1.04 bits per heavy atom. The molecule has 12 heteroatoms. The lowest BCUT2D eigenvalue weighted by atomic mass is 9.76. The second-order valence-electron chi connectivity index (χ2n) is 23.3. The highest BCUT2D eigenvalue weighted by molar-refractivity contribution is 7.90. The summed E-state index contributed by atoms with van der Waals surface area (Å²) < 4.78 is 97.6. The maximum Gasteiger partial charge on any atom is 0.268 e. The molecule has 0 saturated carbocycles. The van der Waals surface area contributed by atoms with Crippen LogP contribution in [0.2, 0.25) is 0 Å². The van der Waals surface area contributed by atoms with Gasteiger partial charge in [-0.1, -0.05) is 161 Å². The molecule has 0 amide bonds. The molecule has 1 aliphatic carbocycles. The maximum absolute atomic E-state index is 15.5. The molecule has 7 rings (SSSR count). The fourth-order valence-electron chi connectivity index (χ4n) is 11.1. The number of fused-ring (bicyclic) bond motifs is 5. The van der Waals surface area contributed by atoms with Gasteiger partial charge in [-0.05, 0) is 120 Å². The van der Waals surface area contributed by atoms with Crippen molar-refractivity contribution in [1.29, 1.82) is 0 Å². The summed E-state index contributed by atoms with van der Waals surface area (Å²) in [4.78, 5) is 1.02. The monoisotopic (exact) mass is 1000 g/mol. The fourth-order valence-corrected chi connectivity index (χ4v) is 17.2. The minimum absolute atomic E-state index is 0.0505. The van der Waals surface area contributed by atoms with E-state index < -0.39 is 36.0 Å². The first kappa shape index (κ1) is 53.3. The van der Waals surface area contributed by atoms with Crippen LogP contribution in [-0.4, -0.2) is 64.0 Å². The summed E-state index contributed by atoms with van der Waals surface area (Å²) in [5.74, 6) is -0.601. The summed E-state index contributed by atoms with van der Waals surface area (Å²) in [5, 5.41) is 0. The van der Waals surface area contributed by atoms with Gasteiger partial charge in [-0.3, -0.25) is 0 Å². The van der Waals surface area contributed by atoms with Crippen molar-refractivity contribution in [1.82, 2.24) is 12.6 Å². The lowest BCUT2D eigenvalue weighted by Gasteiger charge is -2.27. The molecular formula is C57H81N3O6S3. The molecule has 0 unspecified atom stereocenters. The molecule has 3 aromatic carbocycles. The third-order valence-corrected chi connectivity index (χ3v) is 21.0. The zero-order chi connectivity index (χ0) is 51.3. The van der Waals surface area contributed by atoms with Crippen LogP contribution in [0, 0.1) is 5.92 Å². The van der Waals surface area contributed by atoms with Gasteiger partial charge >= 0.3 is 0 Å². The molecule has 0 bridgehead atoms. The predicted molar refractivity (Wildman–Crippen MR) is 284 cm³/mol. The Labute approximate surface area is 417 Å². The van der Waals surface area contributed by atoms with Gasteiger partial charge in [0.05, 0.1) is 14.7 Å². The van der Waals surface area contributed by atoms with Crippen LogP contribution in [0.5, 0.6) is 0 Å². The molecule has 69 heavy (non-hydrogen) atoms. The van der Waals surface area contributed by atoms with E-state index in [9.17, 15) is 0 Å². The quantitative estimate of drug-likeness (QED) is 0.117. The SMILES string of the molecule is CC(C)c1cc(C(C)C)c(S(=O)(=O)N2CC3=C(C2)[C@@H]2CN(S(=O)(=O)c4c(C(C)C)cc(C(C)C)cc4C(C)C)C[C@@H]2c2cn(S(=O)(=O)c4c(C(C)C)cc(C(C)C)cc4C(C)C)cc23)c(C(C)C)c1. The van der Waals surface area contributed by atoms with Crippen LogP contribution in [0.25, 0.3) is 5.57 Å². The van der Waals surface area contributed by atoms with Crippen LogP contribution in [0.1, 0.15) is 245 Å². The molecule has 0 radical (unpaired) electrons. The fraction of sp³-hybridized carbons (Fsp3) is 0.579. The second kappa shape index (κ2) is 19.1. The minimum Gasteiger partial charge on any atom is -0.248 e. The Morgan fingerprint density at radius 1 is 0.391 bits per heavy atom. The van der Waals surface area contributed by atoms with E-state index in [0.29, 0.717) is 20.2 Å². The standard InChI is InChI=1S/C57H81N3O6S3/c1-31(2)40-19-43(34(7)8)55(44(20-40)35(9)10)67(61,62)58-25-49-50(26-58)52-28-60(69(65,66)57-47(38(15)16)23-42(33(5)6)24-48(57)39(17)18)30-54(52)53-29-59(27-51(49)53)68(63,64)56-45(36(11)12)21-41(32(3)4)22-46(56)37(13)14/h19-26,31-39,51,53H,27-30H2,1-18H3/t51-,53-/m1/s1. The van der Waals surface area contributed by atoms with Gasteiger partial charge in [-0.2, -0.15) is 8.61 Å². The van der Waals surface area contributed by atoms with Crippen molar-refractivity contribution in [2.75, 3.05) is 26.2 Å². The molecule has 378 valence electrons. The first-order valence-electron chi connectivity index (χ1n) is 25.7.